The molecular formula is C31H26ClNO4. The van der Waals surface area contributed by atoms with Gasteiger partial charge in [0, 0.05) is 17.4 Å². The van der Waals surface area contributed by atoms with Gasteiger partial charge in [-0.2, -0.15) is 0 Å². The number of hydrogen-bond donors (Lipinski definition) is 1. The highest BCUT2D eigenvalue weighted by Gasteiger charge is 2.30. The van der Waals surface area contributed by atoms with Gasteiger partial charge in [0.1, 0.15) is 19.3 Å². The van der Waals surface area contributed by atoms with Crippen molar-refractivity contribution in [3.05, 3.63) is 130 Å². The van der Waals surface area contributed by atoms with Crippen LogP contribution in [0.25, 0.3) is 11.1 Å². The third kappa shape index (κ3) is 5.84. The summed E-state index contributed by atoms with van der Waals surface area (Å²) in [7, 11) is 0. The fraction of sp³-hybridized carbons (Fsp3) is 0.161. The van der Waals surface area contributed by atoms with E-state index in [1.807, 2.05) is 66.7 Å². The minimum Gasteiger partial charge on any atom is -0.459 e. The predicted molar refractivity (Wildman–Crippen MR) is 143 cm³/mol. The molecule has 1 N–H and O–H groups in total. The Hall–Kier alpha value is -4.09. The lowest BCUT2D eigenvalue weighted by atomic mass is 9.98. The van der Waals surface area contributed by atoms with Crippen molar-refractivity contribution >= 4 is 23.7 Å². The molecule has 0 spiro atoms. The molecule has 4 aromatic carbocycles. The molecule has 5 rings (SSSR count). The Kier molecular flexibility index (Phi) is 7.52. The van der Waals surface area contributed by atoms with Crippen molar-refractivity contribution in [2.45, 2.75) is 25.0 Å². The first-order chi connectivity index (χ1) is 18.1. The van der Waals surface area contributed by atoms with Gasteiger partial charge in [-0.3, -0.25) is 0 Å². The maximum atomic E-state index is 13.0. The van der Waals surface area contributed by atoms with Crippen molar-refractivity contribution < 1.29 is 19.1 Å². The van der Waals surface area contributed by atoms with Crippen LogP contribution in [-0.2, 0) is 27.3 Å². The average molecular weight is 512 g/mol. The van der Waals surface area contributed by atoms with Crippen LogP contribution < -0.4 is 5.32 Å². The van der Waals surface area contributed by atoms with Crippen LogP contribution >= 0.6 is 11.6 Å². The Morgan fingerprint density at radius 3 is 1.97 bits per heavy atom. The molecular weight excluding hydrogens is 486 g/mol. The highest BCUT2D eigenvalue weighted by Crippen LogP contribution is 2.44. The monoisotopic (exact) mass is 511 g/mol. The average Bonchev–Trinajstić information content (AvgIpc) is 3.25. The van der Waals surface area contributed by atoms with Gasteiger partial charge >= 0.3 is 12.1 Å². The van der Waals surface area contributed by atoms with E-state index in [0.29, 0.717) is 5.02 Å². The maximum Gasteiger partial charge on any atom is 0.407 e. The van der Waals surface area contributed by atoms with E-state index in [2.05, 4.69) is 29.6 Å². The summed E-state index contributed by atoms with van der Waals surface area (Å²) in [5.41, 5.74) is 6.25. The number of carbonyl (C=O) groups is 2. The number of nitrogens with one attached hydrogen (secondary N) is 1. The third-order valence-electron chi connectivity index (χ3n) is 6.50. The number of fused-ring (bicyclic) bond motifs is 3. The maximum absolute atomic E-state index is 13.0. The molecule has 5 nitrogen and oxygen atoms in total. The van der Waals surface area contributed by atoms with Crippen molar-refractivity contribution in [2.75, 3.05) is 6.61 Å². The normalized spacial score (nSPS) is 12.8. The van der Waals surface area contributed by atoms with Gasteiger partial charge in [-0.05, 0) is 45.5 Å². The van der Waals surface area contributed by atoms with Gasteiger partial charge in [-0.1, -0.05) is 103 Å². The van der Waals surface area contributed by atoms with Crippen molar-refractivity contribution in [1.29, 1.82) is 0 Å². The molecule has 37 heavy (non-hydrogen) atoms. The number of hydrogen-bond acceptors (Lipinski definition) is 4. The summed E-state index contributed by atoms with van der Waals surface area (Å²) in [5, 5.41) is 3.31. The topological polar surface area (TPSA) is 64.6 Å². The van der Waals surface area contributed by atoms with Gasteiger partial charge in [0.15, 0.2) is 0 Å². The molecule has 0 fully saturated rings. The quantitative estimate of drug-likeness (QED) is 0.273. The Bertz CT molecular complexity index is 1340. The fourth-order valence-corrected chi connectivity index (χ4v) is 4.79. The van der Waals surface area contributed by atoms with Crippen LogP contribution in [-0.4, -0.2) is 24.7 Å². The summed E-state index contributed by atoms with van der Waals surface area (Å²) >= 11 is 6.01. The molecule has 1 aliphatic rings. The summed E-state index contributed by atoms with van der Waals surface area (Å²) in [6.45, 7) is 0.274. The molecule has 1 aliphatic carbocycles. The molecule has 1 amide bonds. The van der Waals surface area contributed by atoms with Crippen molar-refractivity contribution in [2.24, 2.45) is 0 Å². The van der Waals surface area contributed by atoms with Gasteiger partial charge in [-0.25, -0.2) is 9.59 Å². The Balaban J connectivity index is 1.27. The molecule has 0 heterocycles. The molecule has 0 radical (unpaired) electrons. The van der Waals surface area contributed by atoms with Gasteiger partial charge in [-0.15, -0.1) is 0 Å². The number of amides is 1. The highest BCUT2D eigenvalue weighted by molar-refractivity contribution is 6.30. The van der Waals surface area contributed by atoms with Crippen molar-refractivity contribution in [3.63, 3.8) is 0 Å². The zero-order valence-corrected chi connectivity index (χ0v) is 20.9. The lowest BCUT2D eigenvalue weighted by molar-refractivity contribution is -0.147. The van der Waals surface area contributed by atoms with E-state index in [9.17, 15) is 9.59 Å². The van der Waals surface area contributed by atoms with Crippen LogP contribution in [0.5, 0.6) is 0 Å². The van der Waals surface area contributed by atoms with E-state index >= 15 is 0 Å². The standard InChI is InChI=1S/C31H26ClNO4/c32-23-16-14-21(15-17-23)18-29(30(34)36-19-22-8-2-1-3-9-22)33-31(35)37-20-28-26-12-6-4-10-24(26)25-11-5-7-13-27(25)28/h1-17,28-29H,18-20H2,(H,33,35)/t29-/m0/s1. The molecule has 4 aromatic rings. The van der Waals surface area contributed by atoms with E-state index in [1.54, 1.807) is 12.1 Å². The van der Waals surface area contributed by atoms with Crippen LogP contribution in [0.3, 0.4) is 0 Å². The summed E-state index contributed by atoms with van der Waals surface area (Å²) in [4.78, 5) is 25.9. The minimum atomic E-state index is -0.916. The first-order valence-corrected chi connectivity index (χ1v) is 12.5. The summed E-state index contributed by atoms with van der Waals surface area (Å²) < 4.78 is 11.2. The molecule has 6 heteroatoms. The summed E-state index contributed by atoms with van der Waals surface area (Å²) in [5.74, 6) is -0.606. The molecule has 1 atom stereocenters. The second-order valence-corrected chi connectivity index (χ2v) is 9.38. The number of ether oxygens (including phenoxy) is 2. The zero-order chi connectivity index (χ0) is 25.6. The van der Waals surface area contributed by atoms with E-state index in [4.69, 9.17) is 21.1 Å². The number of esters is 1. The minimum absolute atomic E-state index is 0.0714. The molecule has 0 aromatic heterocycles. The van der Waals surface area contributed by atoms with Gasteiger partial charge in [0.2, 0.25) is 0 Å². The van der Waals surface area contributed by atoms with E-state index < -0.39 is 18.1 Å². The van der Waals surface area contributed by atoms with Crippen LogP contribution in [0, 0.1) is 0 Å². The molecule has 0 saturated carbocycles. The zero-order valence-electron chi connectivity index (χ0n) is 20.1. The lowest BCUT2D eigenvalue weighted by Crippen LogP contribution is -2.43. The largest absolute Gasteiger partial charge is 0.459 e. The van der Waals surface area contributed by atoms with E-state index in [-0.39, 0.29) is 25.6 Å². The smallest absolute Gasteiger partial charge is 0.407 e. The molecule has 0 saturated heterocycles. The van der Waals surface area contributed by atoms with Crippen molar-refractivity contribution in [1.82, 2.24) is 5.32 Å². The summed E-state index contributed by atoms with van der Waals surface area (Å²) in [6, 6.07) is 31.9. The van der Waals surface area contributed by atoms with Crippen LogP contribution in [0.15, 0.2) is 103 Å². The molecule has 0 aliphatic heterocycles. The Morgan fingerprint density at radius 1 is 0.730 bits per heavy atom. The first-order valence-electron chi connectivity index (χ1n) is 12.1. The number of rotatable bonds is 8. The van der Waals surface area contributed by atoms with Crippen LogP contribution in [0.2, 0.25) is 5.02 Å². The predicted octanol–water partition coefficient (Wildman–Crippen LogP) is 6.53. The Morgan fingerprint density at radius 2 is 1.32 bits per heavy atom. The highest BCUT2D eigenvalue weighted by atomic mass is 35.5. The fourth-order valence-electron chi connectivity index (χ4n) is 4.66. The molecule has 0 unspecified atom stereocenters. The molecule has 186 valence electrons. The first kappa shape index (κ1) is 24.6. The third-order valence-corrected chi connectivity index (χ3v) is 6.75. The van der Waals surface area contributed by atoms with Gasteiger partial charge in [0.05, 0.1) is 0 Å². The lowest BCUT2D eigenvalue weighted by Gasteiger charge is -2.19. The number of carbonyl (C=O) groups excluding carboxylic acids is 2. The number of benzene rings is 4. The SMILES string of the molecule is O=C(N[C@@H](Cc1ccc(Cl)cc1)C(=O)OCc1ccccc1)OCC1c2ccccc2-c2ccccc21. The van der Waals surface area contributed by atoms with Crippen LogP contribution in [0.1, 0.15) is 28.2 Å². The van der Waals surface area contributed by atoms with Crippen LogP contribution in [0.4, 0.5) is 4.79 Å². The molecule has 0 bridgehead atoms. The Labute approximate surface area is 221 Å². The van der Waals surface area contributed by atoms with E-state index in [0.717, 1.165) is 33.4 Å². The second kappa shape index (κ2) is 11.3. The van der Waals surface area contributed by atoms with Gasteiger partial charge in [0.25, 0.3) is 0 Å². The number of halogens is 1. The number of alkyl carbamates (subject to hydrolysis) is 1. The van der Waals surface area contributed by atoms with Crippen molar-refractivity contribution in [3.8, 4) is 11.1 Å². The summed E-state index contributed by atoms with van der Waals surface area (Å²) in [6.07, 6.45) is -0.424. The van der Waals surface area contributed by atoms with E-state index in [1.165, 1.54) is 0 Å². The van der Waals surface area contributed by atoms with Gasteiger partial charge < -0.3 is 14.8 Å². The second-order valence-electron chi connectivity index (χ2n) is 8.95.